The van der Waals surface area contributed by atoms with Gasteiger partial charge in [-0.15, -0.1) is 10.2 Å². The average Bonchev–Trinajstić information content (AvgIpc) is 2.72. The molecule has 0 saturated heterocycles. The van der Waals surface area contributed by atoms with Gasteiger partial charge in [0.25, 0.3) is 10.0 Å². The van der Waals surface area contributed by atoms with E-state index in [1.54, 1.807) is 24.3 Å². The van der Waals surface area contributed by atoms with Gasteiger partial charge in [-0.1, -0.05) is 12.1 Å². The number of hydrogen-bond donors (Lipinski definition) is 1. The van der Waals surface area contributed by atoms with Gasteiger partial charge in [0.15, 0.2) is 26.4 Å². The van der Waals surface area contributed by atoms with Gasteiger partial charge in [0.05, 0.1) is 24.8 Å². The summed E-state index contributed by atoms with van der Waals surface area (Å²) in [5, 5.41) is 7.49. The van der Waals surface area contributed by atoms with E-state index in [-0.39, 0.29) is 15.7 Å². The Bertz CT molecular complexity index is 1270. The van der Waals surface area contributed by atoms with Crippen LogP contribution >= 0.6 is 0 Å². The summed E-state index contributed by atoms with van der Waals surface area (Å²) in [4.78, 5) is 0.00264. The van der Waals surface area contributed by atoms with Gasteiger partial charge in [-0.05, 0) is 36.4 Å². The molecule has 30 heavy (non-hydrogen) atoms. The number of rotatable bonds is 7. The van der Waals surface area contributed by atoms with Crippen molar-refractivity contribution >= 4 is 25.5 Å². The molecule has 0 bridgehead atoms. The molecule has 0 amide bonds. The highest BCUT2D eigenvalue weighted by molar-refractivity contribution is 7.92. The van der Waals surface area contributed by atoms with Crippen molar-refractivity contribution in [2.75, 3.05) is 25.2 Å². The van der Waals surface area contributed by atoms with Crippen LogP contribution in [0.1, 0.15) is 0 Å². The molecule has 0 unspecified atom stereocenters. The van der Waals surface area contributed by atoms with Crippen molar-refractivity contribution < 1.29 is 26.3 Å². The zero-order valence-electron chi connectivity index (χ0n) is 16.4. The van der Waals surface area contributed by atoms with Gasteiger partial charge in [-0.3, -0.25) is 4.72 Å². The SMILES string of the molecule is COc1ccc(S(=O)(=O)Nc2cccc(-c3ccc(S(C)(=O)=O)nn3)c2)cc1OC. The summed E-state index contributed by atoms with van der Waals surface area (Å²) in [6, 6.07) is 13.6. The molecule has 0 radical (unpaired) electrons. The lowest BCUT2D eigenvalue weighted by Gasteiger charge is -2.12. The number of sulfonamides is 1. The average molecular weight is 450 g/mol. The van der Waals surface area contributed by atoms with E-state index in [1.165, 1.54) is 44.6 Å². The van der Waals surface area contributed by atoms with Crippen LogP contribution in [-0.4, -0.2) is 47.5 Å². The van der Waals surface area contributed by atoms with Gasteiger partial charge >= 0.3 is 0 Å². The first-order valence-electron chi connectivity index (χ1n) is 8.53. The van der Waals surface area contributed by atoms with E-state index in [0.29, 0.717) is 22.7 Å². The highest BCUT2D eigenvalue weighted by atomic mass is 32.2. The zero-order valence-corrected chi connectivity index (χ0v) is 18.0. The standard InChI is InChI=1S/C19H19N3O6S2/c1-27-17-9-7-15(12-18(17)28-2)30(25,26)22-14-6-4-5-13(11-14)16-8-10-19(21-20-16)29(3,23)24/h4-12,22H,1-3H3. The Kier molecular flexibility index (Phi) is 5.94. The van der Waals surface area contributed by atoms with Crippen molar-refractivity contribution in [3.63, 3.8) is 0 Å². The Morgan fingerprint density at radius 1 is 0.833 bits per heavy atom. The number of aromatic nitrogens is 2. The van der Waals surface area contributed by atoms with Crippen molar-refractivity contribution in [3.05, 3.63) is 54.6 Å². The fraction of sp³-hybridized carbons (Fsp3) is 0.158. The predicted molar refractivity (Wildman–Crippen MR) is 111 cm³/mol. The molecule has 1 aromatic heterocycles. The summed E-state index contributed by atoms with van der Waals surface area (Å²) < 4.78 is 61.4. The largest absolute Gasteiger partial charge is 0.493 e. The molecule has 1 N–H and O–H groups in total. The maximum Gasteiger partial charge on any atom is 0.262 e. The van der Waals surface area contributed by atoms with Crippen LogP contribution in [0.15, 0.2) is 64.5 Å². The van der Waals surface area contributed by atoms with Gasteiger partial charge in [-0.2, -0.15) is 0 Å². The number of nitrogens with zero attached hydrogens (tertiary/aromatic N) is 2. The molecule has 3 rings (SSSR count). The van der Waals surface area contributed by atoms with E-state index in [9.17, 15) is 16.8 Å². The van der Waals surface area contributed by atoms with Crippen LogP contribution in [0.2, 0.25) is 0 Å². The Labute approximate surface area is 174 Å². The predicted octanol–water partition coefficient (Wildman–Crippen LogP) is 2.37. The van der Waals surface area contributed by atoms with Crippen LogP contribution in [-0.2, 0) is 19.9 Å². The topological polar surface area (TPSA) is 125 Å². The summed E-state index contributed by atoms with van der Waals surface area (Å²) in [6.45, 7) is 0. The van der Waals surface area contributed by atoms with Gasteiger partial charge in [0, 0.05) is 23.6 Å². The number of anilines is 1. The Morgan fingerprint density at radius 2 is 1.57 bits per heavy atom. The number of methoxy groups -OCH3 is 2. The molecule has 0 aliphatic carbocycles. The van der Waals surface area contributed by atoms with Crippen molar-refractivity contribution in [1.29, 1.82) is 0 Å². The Morgan fingerprint density at radius 3 is 2.17 bits per heavy atom. The lowest BCUT2D eigenvalue weighted by molar-refractivity contribution is 0.354. The minimum atomic E-state index is -3.90. The minimum Gasteiger partial charge on any atom is -0.493 e. The van der Waals surface area contributed by atoms with Crippen LogP contribution in [0.5, 0.6) is 11.5 Å². The molecule has 11 heteroatoms. The molecule has 0 fully saturated rings. The molecule has 9 nitrogen and oxygen atoms in total. The van der Waals surface area contributed by atoms with Crippen molar-refractivity contribution in [3.8, 4) is 22.8 Å². The van der Waals surface area contributed by atoms with E-state index < -0.39 is 19.9 Å². The maximum atomic E-state index is 12.8. The lowest BCUT2D eigenvalue weighted by atomic mass is 10.1. The molecule has 0 saturated carbocycles. The third kappa shape index (κ3) is 4.69. The fourth-order valence-electron chi connectivity index (χ4n) is 2.61. The van der Waals surface area contributed by atoms with Gasteiger partial charge in [-0.25, -0.2) is 16.8 Å². The molecular weight excluding hydrogens is 430 g/mol. The van der Waals surface area contributed by atoms with Crippen LogP contribution in [0.3, 0.4) is 0 Å². The number of nitrogens with one attached hydrogen (secondary N) is 1. The quantitative estimate of drug-likeness (QED) is 0.583. The molecule has 0 aliphatic heterocycles. The zero-order chi connectivity index (χ0) is 21.9. The van der Waals surface area contributed by atoms with Crippen molar-refractivity contribution in [1.82, 2.24) is 10.2 Å². The summed E-state index contributed by atoms with van der Waals surface area (Å²) >= 11 is 0. The molecule has 158 valence electrons. The van der Waals surface area contributed by atoms with E-state index in [1.807, 2.05) is 0 Å². The molecule has 1 heterocycles. The fourth-order valence-corrected chi connectivity index (χ4v) is 4.18. The van der Waals surface area contributed by atoms with E-state index in [4.69, 9.17) is 9.47 Å². The van der Waals surface area contributed by atoms with E-state index >= 15 is 0 Å². The first-order chi connectivity index (χ1) is 14.1. The molecule has 0 spiro atoms. The Balaban J connectivity index is 1.89. The van der Waals surface area contributed by atoms with E-state index in [0.717, 1.165) is 6.26 Å². The number of hydrogen-bond acceptors (Lipinski definition) is 8. The second-order valence-corrected chi connectivity index (χ2v) is 9.88. The third-order valence-corrected chi connectivity index (χ3v) is 6.45. The Hall–Kier alpha value is -3.18. The highest BCUT2D eigenvalue weighted by Crippen LogP contribution is 2.30. The second-order valence-electron chi connectivity index (χ2n) is 6.23. The molecule has 3 aromatic rings. The van der Waals surface area contributed by atoms with Crippen LogP contribution < -0.4 is 14.2 Å². The van der Waals surface area contributed by atoms with Crippen molar-refractivity contribution in [2.24, 2.45) is 0 Å². The summed E-state index contributed by atoms with van der Waals surface area (Å²) in [5.74, 6) is 0.699. The number of ether oxygens (including phenoxy) is 2. The van der Waals surface area contributed by atoms with Crippen LogP contribution in [0.25, 0.3) is 11.3 Å². The smallest absolute Gasteiger partial charge is 0.262 e. The monoisotopic (exact) mass is 449 g/mol. The number of sulfone groups is 1. The highest BCUT2D eigenvalue weighted by Gasteiger charge is 2.18. The summed E-state index contributed by atoms with van der Waals surface area (Å²) in [5.41, 5.74) is 1.26. The van der Waals surface area contributed by atoms with Crippen molar-refractivity contribution in [2.45, 2.75) is 9.92 Å². The molecule has 0 atom stereocenters. The maximum absolute atomic E-state index is 12.8. The first-order valence-corrected chi connectivity index (χ1v) is 11.9. The van der Waals surface area contributed by atoms with Gasteiger partial charge in [0.1, 0.15) is 0 Å². The molecule has 2 aromatic carbocycles. The minimum absolute atomic E-state index is 0.00264. The summed E-state index contributed by atoms with van der Waals surface area (Å²) in [7, 11) is -4.48. The second kappa shape index (κ2) is 8.28. The number of benzene rings is 2. The normalized spacial score (nSPS) is 11.7. The molecule has 0 aliphatic rings. The van der Waals surface area contributed by atoms with Gasteiger partial charge < -0.3 is 9.47 Å². The molecular formula is C19H19N3O6S2. The van der Waals surface area contributed by atoms with Crippen LogP contribution in [0, 0.1) is 0 Å². The van der Waals surface area contributed by atoms with E-state index in [2.05, 4.69) is 14.9 Å². The third-order valence-electron chi connectivity index (χ3n) is 4.10. The first kappa shape index (κ1) is 21.5. The van der Waals surface area contributed by atoms with Gasteiger partial charge in [0.2, 0.25) is 0 Å². The summed E-state index contributed by atoms with van der Waals surface area (Å²) in [6.07, 6.45) is 1.04. The van der Waals surface area contributed by atoms with Crippen LogP contribution in [0.4, 0.5) is 5.69 Å². The lowest BCUT2D eigenvalue weighted by Crippen LogP contribution is -2.13.